The first-order valence-electron chi connectivity index (χ1n) is 15.5. The molecule has 2 fully saturated rings. The number of aromatic nitrogens is 2. The molecular formula is C34H40Cl2F2N6O4. The second kappa shape index (κ2) is 15.3. The van der Waals surface area contributed by atoms with E-state index in [9.17, 15) is 24.3 Å². The van der Waals surface area contributed by atoms with Crippen molar-refractivity contribution in [3.8, 4) is 6.07 Å². The summed E-state index contributed by atoms with van der Waals surface area (Å²) in [5.74, 6) is -2.15. The van der Waals surface area contributed by atoms with Gasteiger partial charge in [-0.1, -0.05) is 62.2 Å². The third-order valence-electron chi connectivity index (χ3n) is 8.85. The topological polar surface area (TPSA) is 144 Å². The molecule has 2 aliphatic heterocycles. The second-order valence-corrected chi connectivity index (χ2v) is 14.4. The predicted molar refractivity (Wildman–Crippen MR) is 179 cm³/mol. The monoisotopic (exact) mass is 704 g/mol. The number of carboxylic acids is 1. The molecule has 5 rings (SSSR count). The zero-order chi connectivity index (χ0) is 35.3. The van der Waals surface area contributed by atoms with Crippen LogP contribution in [-0.2, 0) is 21.5 Å². The number of carbonyl (C=O) groups is 2. The maximum atomic E-state index is 15.0. The first-order chi connectivity index (χ1) is 22.6. The Kier molecular flexibility index (Phi) is 11.9. The first kappa shape index (κ1) is 37.2. The molecule has 2 unspecified atom stereocenters. The number of anilines is 1. The number of amides is 1. The normalized spacial score (nSPS) is 22.3. The average molecular weight is 706 g/mol. The summed E-state index contributed by atoms with van der Waals surface area (Å²) in [5.41, 5.74) is -1.77. The van der Waals surface area contributed by atoms with Crippen molar-refractivity contribution in [2.45, 2.75) is 69.6 Å². The molecular weight excluding hydrogens is 665 g/mol. The Bertz CT molecular complexity index is 1650. The summed E-state index contributed by atoms with van der Waals surface area (Å²) >= 11 is 11.9. The molecule has 10 nitrogen and oxygen atoms in total. The highest BCUT2D eigenvalue weighted by Crippen LogP contribution is 2.50. The van der Waals surface area contributed by atoms with E-state index in [4.69, 9.17) is 28.3 Å². The molecule has 0 aliphatic carbocycles. The van der Waals surface area contributed by atoms with Gasteiger partial charge in [-0.3, -0.25) is 19.2 Å². The van der Waals surface area contributed by atoms with Gasteiger partial charge in [-0.05, 0) is 48.4 Å². The van der Waals surface area contributed by atoms with Gasteiger partial charge in [-0.15, -0.1) is 0 Å². The van der Waals surface area contributed by atoms with E-state index in [1.165, 1.54) is 12.1 Å². The molecule has 2 aromatic carbocycles. The lowest BCUT2D eigenvalue weighted by atomic mass is 9.64. The number of piperidine rings is 1. The maximum absolute atomic E-state index is 15.0. The summed E-state index contributed by atoms with van der Waals surface area (Å²) in [6.07, 6.45) is 3.84. The molecule has 3 aromatic rings. The van der Waals surface area contributed by atoms with Crippen LogP contribution in [0.15, 0.2) is 48.7 Å². The van der Waals surface area contributed by atoms with Gasteiger partial charge in [0.25, 0.3) is 0 Å². The van der Waals surface area contributed by atoms with Crippen molar-refractivity contribution >= 4 is 41.4 Å². The molecule has 3 heterocycles. The predicted octanol–water partition coefficient (Wildman–Crippen LogP) is 5.59. The third-order valence-corrected chi connectivity index (χ3v) is 9.38. The van der Waals surface area contributed by atoms with Crippen LogP contribution in [0.1, 0.15) is 57.1 Å². The molecule has 14 heteroatoms. The molecule has 258 valence electrons. The molecule has 1 aromatic heterocycles. The number of nitriles is 1. The van der Waals surface area contributed by atoms with Crippen molar-refractivity contribution in [2.75, 3.05) is 31.5 Å². The van der Waals surface area contributed by atoms with E-state index in [2.05, 4.69) is 42.6 Å². The number of halogens is 4. The zero-order valence-corrected chi connectivity index (χ0v) is 28.5. The molecule has 0 radical (unpaired) electrons. The SMILES string of the molecule is CC(C)(C)CC1NCC(c2cccc(Cl)c2F)[C@@]1(C#N)c1ccc(Cl)cc1F.O=CNc1ccn(CC2(O)CCN(CC(=O)O)CC2)n1. The van der Waals surface area contributed by atoms with Gasteiger partial charge in [0.05, 0.1) is 29.8 Å². The van der Waals surface area contributed by atoms with Crippen LogP contribution in [0.4, 0.5) is 14.6 Å². The molecule has 0 spiro atoms. The maximum Gasteiger partial charge on any atom is 0.317 e. The van der Waals surface area contributed by atoms with Crippen LogP contribution in [0.25, 0.3) is 0 Å². The van der Waals surface area contributed by atoms with Crippen molar-refractivity contribution in [1.29, 1.82) is 5.26 Å². The number of carbonyl (C=O) groups excluding carboxylic acids is 1. The summed E-state index contributed by atoms with van der Waals surface area (Å²) in [7, 11) is 0. The first-order valence-corrected chi connectivity index (χ1v) is 16.3. The van der Waals surface area contributed by atoms with Crippen LogP contribution in [0.3, 0.4) is 0 Å². The lowest BCUT2D eigenvalue weighted by molar-refractivity contribution is -0.139. The van der Waals surface area contributed by atoms with E-state index in [-0.39, 0.29) is 33.6 Å². The molecule has 3 atom stereocenters. The molecule has 48 heavy (non-hydrogen) atoms. The number of likely N-dealkylation sites (tertiary alicyclic amines) is 1. The molecule has 2 saturated heterocycles. The van der Waals surface area contributed by atoms with E-state index in [0.717, 1.165) is 0 Å². The van der Waals surface area contributed by atoms with E-state index in [0.29, 0.717) is 63.2 Å². The van der Waals surface area contributed by atoms with Crippen molar-refractivity contribution in [3.63, 3.8) is 0 Å². The van der Waals surface area contributed by atoms with E-state index >= 15 is 4.39 Å². The van der Waals surface area contributed by atoms with Gasteiger partial charge in [0, 0.05) is 54.4 Å². The van der Waals surface area contributed by atoms with Crippen LogP contribution < -0.4 is 10.6 Å². The molecule has 2 aliphatic rings. The number of nitrogens with one attached hydrogen (secondary N) is 2. The number of aliphatic hydroxyl groups is 1. The van der Waals surface area contributed by atoms with Crippen molar-refractivity contribution in [1.82, 2.24) is 20.0 Å². The van der Waals surface area contributed by atoms with Gasteiger partial charge in [-0.25, -0.2) is 8.78 Å². The van der Waals surface area contributed by atoms with Gasteiger partial charge in [0.2, 0.25) is 6.41 Å². The second-order valence-electron chi connectivity index (χ2n) is 13.6. The summed E-state index contributed by atoms with van der Waals surface area (Å²) < 4.78 is 31.5. The standard InChI is InChI=1S/C22H22Cl2F2N2.C12H18N4O4/c1-21(2,3)10-19-22(12-27,15-8-7-13(23)9-18(15)25)16(11-28-19)14-5-4-6-17(24)20(14)26;17-9-13-10-1-4-16(14-10)8-12(20)2-5-15(6-3-12)7-11(18)19/h4-9,16,19,28H,10-11H2,1-3H3;1,4,9,20H,2-3,5-8H2,(H,18,19)(H,13,14,17)/t16?,19?,22-;/m1./s1. The molecule has 0 bridgehead atoms. The summed E-state index contributed by atoms with van der Waals surface area (Å²) in [6.45, 7) is 7.94. The van der Waals surface area contributed by atoms with Crippen LogP contribution in [0, 0.1) is 28.4 Å². The molecule has 4 N–H and O–H groups in total. The van der Waals surface area contributed by atoms with Crippen LogP contribution in [-0.4, -0.2) is 75.1 Å². The number of hydrogen-bond donors (Lipinski definition) is 4. The summed E-state index contributed by atoms with van der Waals surface area (Å²) in [5, 5.41) is 39.7. The van der Waals surface area contributed by atoms with Crippen molar-refractivity contribution < 1.29 is 28.6 Å². The minimum Gasteiger partial charge on any atom is -0.480 e. The number of carboxylic acid groups (broad SMARTS) is 1. The van der Waals surface area contributed by atoms with Gasteiger partial charge in [0.1, 0.15) is 17.0 Å². The minimum atomic E-state index is -1.30. The van der Waals surface area contributed by atoms with Gasteiger partial charge >= 0.3 is 5.97 Å². The van der Waals surface area contributed by atoms with Crippen LogP contribution in [0.2, 0.25) is 10.0 Å². The Balaban J connectivity index is 0.000000229. The number of nitrogens with zero attached hydrogens (tertiary/aromatic N) is 4. The van der Waals surface area contributed by atoms with Crippen LogP contribution >= 0.6 is 23.2 Å². The fourth-order valence-corrected chi connectivity index (χ4v) is 6.94. The van der Waals surface area contributed by atoms with E-state index < -0.39 is 34.5 Å². The fourth-order valence-electron chi connectivity index (χ4n) is 6.60. The summed E-state index contributed by atoms with van der Waals surface area (Å²) in [4.78, 5) is 22.7. The van der Waals surface area contributed by atoms with Gasteiger partial charge in [-0.2, -0.15) is 10.4 Å². The van der Waals surface area contributed by atoms with Crippen LogP contribution in [0.5, 0.6) is 0 Å². The average Bonchev–Trinajstić information content (AvgIpc) is 3.59. The van der Waals surface area contributed by atoms with Gasteiger partial charge < -0.3 is 20.8 Å². The Morgan fingerprint density at radius 3 is 2.52 bits per heavy atom. The smallest absolute Gasteiger partial charge is 0.317 e. The quantitative estimate of drug-likeness (QED) is 0.211. The Labute approximate surface area is 288 Å². The molecule has 1 amide bonds. The largest absolute Gasteiger partial charge is 0.480 e. The fraction of sp³-hybridized carbons (Fsp3) is 0.471. The highest BCUT2D eigenvalue weighted by atomic mass is 35.5. The number of hydrogen-bond acceptors (Lipinski definition) is 7. The number of benzene rings is 2. The third kappa shape index (κ3) is 8.70. The van der Waals surface area contributed by atoms with E-state index in [1.54, 1.807) is 46.1 Å². The number of rotatable bonds is 9. The highest BCUT2D eigenvalue weighted by molar-refractivity contribution is 6.31. The van der Waals surface area contributed by atoms with Gasteiger partial charge in [0.15, 0.2) is 5.82 Å². The van der Waals surface area contributed by atoms with Crippen molar-refractivity contribution in [3.05, 3.63) is 81.5 Å². The molecule has 0 saturated carbocycles. The van der Waals surface area contributed by atoms with E-state index in [1.807, 2.05) is 0 Å². The number of aliphatic carboxylic acids is 1. The summed E-state index contributed by atoms with van der Waals surface area (Å²) in [6, 6.07) is 12.7. The Morgan fingerprint density at radius 2 is 1.92 bits per heavy atom. The lowest BCUT2D eigenvalue weighted by Gasteiger charge is -2.37. The highest BCUT2D eigenvalue weighted by Gasteiger charge is 2.55. The van der Waals surface area contributed by atoms with Crippen molar-refractivity contribution in [2.24, 2.45) is 5.41 Å². The Hall–Kier alpha value is -3.60. The minimum absolute atomic E-state index is 0.00521. The lowest BCUT2D eigenvalue weighted by Crippen LogP contribution is -2.48. The zero-order valence-electron chi connectivity index (χ0n) is 27.0. The Morgan fingerprint density at radius 1 is 1.21 bits per heavy atom.